The van der Waals surface area contributed by atoms with E-state index in [4.69, 9.17) is 4.74 Å². The lowest BCUT2D eigenvalue weighted by atomic mass is 9.85. The summed E-state index contributed by atoms with van der Waals surface area (Å²) < 4.78 is 5.48. The van der Waals surface area contributed by atoms with Crippen molar-refractivity contribution in [3.05, 3.63) is 0 Å². The first-order chi connectivity index (χ1) is 10.3. The Morgan fingerprint density at radius 1 is 1.14 bits per heavy atom. The van der Waals surface area contributed by atoms with Crippen LogP contribution >= 0.6 is 24.0 Å². The zero-order valence-electron chi connectivity index (χ0n) is 13.8. The first-order valence-electron chi connectivity index (χ1n) is 8.61. The number of hydrogen-bond donors (Lipinski definition) is 1. The van der Waals surface area contributed by atoms with Gasteiger partial charge in [0.05, 0.1) is 6.61 Å². The highest BCUT2D eigenvalue weighted by Crippen LogP contribution is 2.25. The highest BCUT2D eigenvalue weighted by molar-refractivity contribution is 14.0. The van der Waals surface area contributed by atoms with Crippen LogP contribution in [-0.2, 0) is 4.74 Å². The molecule has 1 atom stereocenters. The molecule has 3 aliphatic rings. The molecule has 0 aromatic carbocycles. The smallest absolute Gasteiger partial charge is 0.193 e. The molecule has 5 nitrogen and oxygen atoms in total. The van der Waals surface area contributed by atoms with Crippen molar-refractivity contribution < 1.29 is 4.74 Å². The summed E-state index contributed by atoms with van der Waals surface area (Å²) in [6.45, 7) is 8.73. The van der Waals surface area contributed by atoms with Crippen LogP contribution in [0.4, 0.5) is 0 Å². The number of piperazine rings is 1. The minimum absolute atomic E-state index is 0. The maximum absolute atomic E-state index is 5.48. The minimum atomic E-state index is 0. The Morgan fingerprint density at radius 2 is 1.91 bits per heavy atom. The van der Waals surface area contributed by atoms with Crippen LogP contribution < -0.4 is 5.32 Å². The van der Waals surface area contributed by atoms with Gasteiger partial charge in [0, 0.05) is 52.9 Å². The molecule has 1 unspecified atom stereocenters. The third-order valence-corrected chi connectivity index (χ3v) is 5.20. The summed E-state index contributed by atoms with van der Waals surface area (Å²) in [4.78, 5) is 9.47. The standard InChI is InChI=1S/C16H30N4O.HI/c1-17-16(18-11-14-3-2-4-14)20-8-6-19(7-9-20)12-15-5-10-21-13-15;/h14-15H,2-13H2,1H3,(H,17,18);1H. The second-order valence-corrected chi connectivity index (χ2v) is 6.74. The summed E-state index contributed by atoms with van der Waals surface area (Å²) in [5, 5.41) is 3.57. The van der Waals surface area contributed by atoms with Crippen LogP contribution in [0.25, 0.3) is 0 Å². The van der Waals surface area contributed by atoms with E-state index in [0.29, 0.717) is 0 Å². The third-order valence-electron chi connectivity index (χ3n) is 5.20. The molecule has 0 radical (unpaired) electrons. The molecule has 6 heteroatoms. The van der Waals surface area contributed by atoms with Crippen LogP contribution in [0.5, 0.6) is 0 Å². The van der Waals surface area contributed by atoms with Crippen LogP contribution in [0, 0.1) is 11.8 Å². The van der Waals surface area contributed by atoms with Crippen molar-refractivity contribution >= 4 is 29.9 Å². The van der Waals surface area contributed by atoms with Gasteiger partial charge in [0.2, 0.25) is 0 Å². The molecule has 3 rings (SSSR count). The van der Waals surface area contributed by atoms with E-state index in [9.17, 15) is 0 Å². The van der Waals surface area contributed by atoms with Crippen LogP contribution in [0.1, 0.15) is 25.7 Å². The normalized spacial score (nSPS) is 27.4. The van der Waals surface area contributed by atoms with E-state index in [1.54, 1.807) is 0 Å². The molecule has 1 aliphatic carbocycles. The van der Waals surface area contributed by atoms with Gasteiger partial charge in [-0.25, -0.2) is 0 Å². The molecule has 3 fully saturated rings. The van der Waals surface area contributed by atoms with Crippen molar-refractivity contribution in [2.75, 3.05) is 59.5 Å². The SMILES string of the molecule is CN=C(NCC1CCC1)N1CCN(CC2CCOC2)CC1.I. The maximum atomic E-state index is 5.48. The number of aliphatic imine (C=N–C) groups is 1. The lowest BCUT2D eigenvalue weighted by molar-refractivity contribution is 0.139. The lowest BCUT2D eigenvalue weighted by Crippen LogP contribution is -2.53. The monoisotopic (exact) mass is 422 g/mol. The molecule has 1 N–H and O–H groups in total. The quantitative estimate of drug-likeness (QED) is 0.425. The van der Waals surface area contributed by atoms with Gasteiger partial charge >= 0.3 is 0 Å². The van der Waals surface area contributed by atoms with Crippen molar-refractivity contribution in [3.8, 4) is 0 Å². The topological polar surface area (TPSA) is 40.1 Å². The number of guanidine groups is 1. The van der Waals surface area contributed by atoms with Crippen LogP contribution in [0.3, 0.4) is 0 Å². The largest absolute Gasteiger partial charge is 0.381 e. The van der Waals surface area contributed by atoms with Gasteiger partial charge in [0.15, 0.2) is 5.96 Å². The molecule has 0 bridgehead atoms. The van der Waals surface area contributed by atoms with Gasteiger partial charge in [-0.15, -0.1) is 24.0 Å². The fraction of sp³-hybridized carbons (Fsp3) is 0.938. The van der Waals surface area contributed by atoms with E-state index in [1.165, 1.54) is 32.2 Å². The van der Waals surface area contributed by atoms with Crippen LogP contribution in [0.2, 0.25) is 0 Å². The second kappa shape index (κ2) is 9.27. The van der Waals surface area contributed by atoms with Crippen LogP contribution in [0.15, 0.2) is 4.99 Å². The molecule has 22 heavy (non-hydrogen) atoms. The van der Waals surface area contributed by atoms with Gasteiger partial charge in [0.25, 0.3) is 0 Å². The lowest BCUT2D eigenvalue weighted by Gasteiger charge is -2.38. The average Bonchev–Trinajstić information content (AvgIpc) is 2.96. The van der Waals surface area contributed by atoms with E-state index in [1.807, 2.05) is 7.05 Å². The summed E-state index contributed by atoms with van der Waals surface area (Å²) in [6, 6.07) is 0. The van der Waals surface area contributed by atoms with Gasteiger partial charge < -0.3 is 15.0 Å². The van der Waals surface area contributed by atoms with E-state index < -0.39 is 0 Å². The Hall–Kier alpha value is -0.0800. The zero-order valence-corrected chi connectivity index (χ0v) is 16.1. The van der Waals surface area contributed by atoms with E-state index in [2.05, 4.69) is 20.1 Å². The number of nitrogens with one attached hydrogen (secondary N) is 1. The second-order valence-electron chi connectivity index (χ2n) is 6.74. The predicted molar refractivity (Wildman–Crippen MR) is 101 cm³/mol. The Balaban J connectivity index is 0.00000176. The van der Waals surface area contributed by atoms with Crippen molar-refractivity contribution in [1.82, 2.24) is 15.1 Å². The zero-order chi connectivity index (χ0) is 14.5. The number of hydrogen-bond acceptors (Lipinski definition) is 3. The minimum Gasteiger partial charge on any atom is -0.381 e. The van der Waals surface area contributed by atoms with Crippen molar-refractivity contribution in [3.63, 3.8) is 0 Å². The molecular formula is C16H31IN4O. The van der Waals surface area contributed by atoms with Gasteiger partial charge in [-0.1, -0.05) is 6.42 Å². The summed E-state index contributed by atoms with van der Waals surface area (Å²) >= 11 is 0. The number of nitrogens with zero attached hydrogens (tertiary/aromatic N) is 3. The number of rotatable bonds is 4. The fourth-order valence-electron chi connectivity index (χ4n) is 3.50. The van der Waals surface area contributed by atoms with Gasteiger partial charge in [-0.2, -0.15) is 0 Å². The van der Waals surface area contributed by atoms with E-state index >= 15 is 0 Å². The van der Waals surface area contributed by atoms with Gasteiger partial charge in [-0.3, -0.25) is 9.89 Å². The van der Waals surface area contributed by atoms with Crippen molar-refractivity contribution in [2.45, 2.75) is 25.7 Å². The Morgan fingerprint density at radius 3 is 2.45 bits per heavy atom. The van der Waals surface area contributed by atoms with Crippen molar-refractivity contribution in [1.29, 1.82) is 0 Å². The molecule has 1 saturated carbocycles. The summed E-state index contributed by atoms with van der Waals surface area (Å²) in [7, 11) is 1.91. The summed E-state index contributed by atoms with van der Waals surface area (Å²) in [5.74, 6) is 2.74. The fourth-order valence-corrected chi connectivity index (χ4v) is 3.50. The summed E-state index contributed by atoms with van der Waals surface area (Å²) in [5.41, 5.74) is 0. The average molecular weight is 422 g/mol. The highest BCUT2D eigenvalue weighted by atomic mass is 127. The predicted octanol–water partition coefficient (Wildman–Crippen LogP) is 1.63. The Kier molecular flexibility index (Phi) is 7.70. The first-order valence-corrected chi connectivity index (χ1v) is 8.61. The van der Waals surface area contributed by atoms with Crippen molar-refractivity contribution in [2.24, 2.45) is 16.8 Å². The molecule has 0 aromatic rings. The summed E-state index contributed by atoms with van der Waals surface area (Å²) in [6.07, 6.45) is 5.43. The highest BCUT2D eigenvalue weighted by Gasteiger charge is 2.24. The molecule has 128 valence electrons. The Labute approximate surface area is 151 Å². The van der Waals surface area contributed by atoms with E-state index in [-0.39, 0.29) is 24.0 Å². The van der Waals surface area contributed by atoms with Gasteiger partial charge in [0.1, 0.15) is 0 Å². The van der Waals surface area contributed by atoms with Gasteiger partial charge in [-0.05, 0) is 31.1 Å². The number of halogens is 1. The maximum Gasteiger partial charge on any atom is 0.193 e. The molecule has 2 heterocycles. The van der Waals surface area contributed by atoms with E-state index in [0.717, 1.165) is 63.7 Å². The molecule has 2 aliphatic heterocycles. The molecule has 0 amide bonds. The third kappa shape index (κ3) is 4.96. The van der Waals surface area contributed by atoms with Crippen LogP contribution in [-0.4, -0.2) is 75.3 Å². The molecule has 0 spiro atoms. The number of ether oxygens (including phenoxy) is 1. The Bertz CT molecular complexity index is 348. The molecule has 2 saturated heterocycles. The molecular weight excluding hydrogens is 391 g/mol. The molecule has 0 aromatic heterocycles. The first kappa shape index (κ1) is 18.3.